The molecule has 0 heterocycles. The molecule has 1 aromatic rings. The van der Waals surface area contributed by atoms with Crippen LogP contribution in [0.3, 0.4) is 0 Å². The Balaban J connectivity index is 3.00. The lowest BCUT2D eigenvalue weighted by molar-refractivity contribution is -0.274. The maximum atomic E-state index is 12.1. The fourth-order valence-corrected chi connectivity index (χ4v) is 2.05. The number of halogens is 5. The number of hydrogen-bond donors (Lipinski definition) is 0. The highest BCUT2D eigenvalue weighted by Crippen LogP contribution is 2.29. The van der Waals surface area contributed by atoms with Crippen molar-refractivity contribution in [1.29, 1.82) is 0 Å². The molecule has 1 aromatic carbocycles. The Labute approximate surface area is 128 Å². The van der Waals surface area contributed by atoms with Crippen LogP contribution in [0.25, 0.3) is 0 Å². The number of benzene rings is 1. The Morgan fingerprint density at radius 3 is 2.44 bits per heavy atom. The molecular formula is C10H7F3I2O3. The van der Waals surface area contributed by atoms with Crippen LogP contribution in [0.2, 0.25) is 0 Å². The third-order valence-electron chi connectivity index (χ3n) is 1.85. The first-order valence-electron chi connectivity index (χ1n) is 4.55. The maximum absolute atomic E-state index is 12.1. The lowest BCUT2D eigenvalue weighted by Crippen LogP contribution is -2.18. The van der Waals surface area contributed by atoms with Gasteiger partial charge in [0, 0.05) is 9.99 Å². The third-order valence-corrected chi connectivity index (χ3v) is 2.98. The predicted octanol–water partition coefficient (Wildman–Crippen LogP) is 4.07. The minimum atomic E-state index is -4.75. The van der Waals surface area contributed by atoms with Crippen LogP contribution in [0.15, 0.2) is 18.2 Å². The topological polar surface area (TPSA) is 35.5 Å². The van der Waals surface area contributed by atoms with E-state index in [4.69, 9.17) is 4.74 Å². The van der Waals surface area contributed by atoms with Gasteiger partial charge in [-0.05, 0) is 40.8 Å². The van der Waals surface area contributed by atoms with Gasteiger partial charge >= 0.3 is 12.3 Å². The summed E-state index contributed by atoms with van der Waals surface area (Å²) in [6.07, 6.45) is -4.75. The summed E-state index contributed by atoms with van der Waals surface area (Å²) in [5, 5.41) is 0. The first-order valence-corrected chi connectivity index (χ1v) is 7.60. The molecule has 0 aliphatic heterocycles. The summed E-state index contributed by atoms with van der Waals surface area (Å²) in [5.41, 5.74) is 0.490. The highest BCUT2D eigenvalue weighted by Gasteiger charge is 2.32. The van der Waals surface area contributed by atoms with Gasteiger partial charge in [-0.25, -0.2) is 4.79 Å². The number of hydrogen-bond acceptors (Lipinski definition) is 3. The summed E-state index contributed by atoms with van der Waals surface area (Å²) in [6, 6.07) is 3.69. The van der Waals surface area contributed by atoms with E-state index < -0.39 is 12.3 Å². The lowest BCUT2D eigenvalue weighted by atomic mass is 10.1. The molecule has 18 heavy (non-hydrogen) atoms. The summed E-state index contributed by atoms with van der Waals surface area (Å²) in [6.45, 7) is 0. The first kappa shape index (κ1) is 15.8. The van der Waals surface area contributed by atoms with Crippen molar-refractivity contribution in [3.8, 4) is 5.75 Å². The van der Waals surface area contributed by atoms with Crippen molar-refractivity contribution in [2.45, 2.75) is 10.8 Å². The van der Waals surface area contributed by atoms with Crippen LogP contribution >= 0.6 is 45.2 Å². The Morgan fingerprint density at radius 2 is 1.94 bits per heavy atom. The van der Waals surface area contributed by atoms with Crippen LogP contribution in [0, 0.1) is 0 Å². The molecule has 3 nitrogen and oxygen atoms in total. The van der Waals surface area contributed by atoms with E-state index in [9.17, 15) is 18.0 Å². The van der Waals surface area contributed by atoms with Gasteiger partial charge in [0.25, 0.3) is 0 Å². The summed E-state index contributed by atoms with van der Waals surface area (Å²) in [7, 11) is 0. The number of esters is 1. The van der Waals surface area contributed by atoms with Crippen molar-refractivity contribution in [2.24, 2.45) is 0 Å². The van der Waals surface area contributed by atoms with Gasteiger partial charge < -0.3 is 9.47 Å². The van der Waals surface area contributed by atoms with Gasteiger partial charge in [-0.3, -0.25) is 0 Å². The van der Waals surface area contributed by atoms with Crippen molar-refractivity contribution in [3.05, 3.63) is 29.3 Å². The van der Waals surface area contributed by atoms with Crippen LogP contribution < -0.4 is 4.74 Å². The second kappa shape index (κ2) is 6.78. The summed E-state index contributed by atoms with van der Waals surface area (Å²) in [5.74, 6) is -0.878. The number of ether oxygens (including phenoxy) is 2. The molecular weight excluding hydrogens is 479 g/mol. The van der Waals surface area contributed by atoms with Gasteiger partial charge in [0.05, 0.1) is 5.56 Å². The monoisotopic (exact) mass is 486 g/mol. The van der Waals surface area contributed by atoms with Gasteiger partial charge in [-0.15, -0.1) is 13.2 Å². The van der Waals surface area contributed by atoms with Crippen molar-refractivity contribution in [2.75, 3.05) is 4.61 Å². The van der Waals surface area contributed by atoms with Crippen molar-refractivity contribution in [3.63, 3.8) is 0 Å². The van der Waals surface area contributed by atoms with Gasteiger partial charge in [-0.2, -0.15) is 0 Å². The quantitative estimate of drug-likeness (QED) is 0.366. The minimum Gasteiger partial charge on any atom is -0.451 e. The van der Waals surface area contributed by atoms with Crippen LogP contribution in [0.5, 0.6) is 5.75 Å². The van der Waals surface area contributed by atoms with E-state index in [-0.39, 0.29) is 25.9 Å². The Morgan fingerprint density at radius 1 is 1.28 bits per heavy atom. The maximum Gasteiger partial charge on any atom is 0.573 e. The molecule has 0 bridgehead atoms. The smallest absolute Gasteiger partial charge is 0.451 e. The highest BCUT2D eigenvalue weighted by molar-refractivity contribution is 14.1. The normalized spacial score (nSPS) is 11.2. The van der Waals surface area contributed by atoms with E-state index in [2.05, 4.69) is 4.74 Å². The third kappa shape index (κ3) is 4.78. The number of rotatable bonds is 4. The molecule has 1 rings (SSSR count). The van der Waals surface area contributed by atoms with E-state index in [0.717, 1.165) is 6.07 Å². The second-order valence-corrected chi connectivity index (χ2v) is 4.43. The zero-order valence-electron chi connectivity index (χ0n) is 8.76. The van der Waals surface area contributed by atoms with Gasteiger partial charge in [0.15, 0.2) is 0 Å². The molecule has 8 heteroatoms. The number of carbonyl (C=O) groups excluding carboxylic acids is 1. The summed E-state index contributed by atoms with van der Waals surface area (Å²) < 4.78 is 45.4. The molecule has 100 valence electrons. The van der Waals surface area contributed by atoms with Crippen molar-refractivity contribution in [1.82, 2.24) is 0 Å². The van der Waals surface area contributed by atoms with Crippen molar-refractivity contribution < 1.29 is 27.4 Å². The molecule has 0 saturated carbocycles. The fraction of sp³-hybridized carbons (Fsp3) is 0.300. The molecule has 0 unspecified atom stereocenters. The van der Waals surface area contributed by atoms with E-state index in [1.54, 1.807) is 0 Å². The zero-order chi connectivity index (χ0) is 13.8. The molecule has 0 spiro atoms. The minimum absolute atomic E-state index is 0.178. The molecule has 0 N–H and O–H groups in total. The number of carbonyl (C=O) groups is 1. The van der Waals surface area contributed by atoms with Crippen LogP contribution in [0.1, 0.15) is 15.9 Å². The van der Waals surface area contributed by atoms with Gasteiger partial charge in [0.1, 0.15) is 10.4 Å². The first-order chi connectivity index (χ1) is 8.37. The molecule has 0 radical (unpaired) electrons. The average Bonchev–Trinajstić information content (AvgIpc) is 2.27. The van der Waals surface area contributed by atoms with Gasteiger partial charge in [0.2, 0.25) is 0 Å². The van der Waals surface area contributed by atoms with Crippen LogP contribution in [-0.4, -0.2) is 16.9 Å². The highest BCUT2D eigenvalue weighted by atomic mass is 127. The van der Waals surface area contributed by atoms with E-state index in [0.29, 0.717) is 0 Å². The van der Waals surface area contributed by atoms with E-state index >= 15 is 0 Å². The molecule has 0 saturated heterocycles. The van der Waals surface area contributed by atoms with Crippen LogP contribution in [-0.2, 0) is 9.16 Å². The molecule has 0 amide bonds. The second-order valence-electron chi connectivity index (χ2n) is 3.04. The van der Waals surface area contributed by atoms with Gasteiger partial charge in [-0.1, -0.05) is 22.6 Å². The average molecular weight is 486 g/mol. The molecule has 0 fully saturated rings. The molecule has 0 aliphatic rings. The fourth-order valence-electron chi connectivity index (χ4n) is 1.17. The largest absolute Gasteiger partial charge is 0.573 e. The Bertz CT molecular complexity index is 435. The van der Waals surface area contributed by atoms with Crippen molar-refractivity contribution >= 4 is 51.2 Å². The Kier molecular flexibility index (Phi) is 5.95. The molecule has 0 atom stereocenters. The number of alkyl halides is 5. The zero-order valence-corrected chi connectivity index (χ0v) is 13.1. The van der Waals surface area contributed by atoms with E-state index in [1.807, 2.05) is 45.2 Å². The lowest BCUT2D eigenvalue weighted by Gasteiger charge is -2.12. The summed E-state index contributed by atoms with van der Waals surface area (Å²) in [4.78, 5) is 11.4. The Hall–Kier alpha value is -0.260. The SMILES string of the molecule is O=C(OCI)c1ccc(OC(F)(F)F)c(CI)c1. The molecule has 0 aromatic heterocycles. The summed E-state index contributed by atoms with van der Waals surface area (Å²) >= 11 is 3.74. The van der Waals surface area contributed by atoms with Crippen LogP contribution in [0.4, 0.5) is 13.2 Å². The standard InChI is InChI=1S/C10H7F3I2O3/c11-10(12,13)18-8-2-1-6(3-7(8)4-14)9(16)17-5-15/h1-3H,4-5H2. The van der Waals surface area contributed by atoms with E-state index in [1.165, 1.54) is 12.1 Å². The predicted molar refractivity (Wildman–Crippen MR) is 75.2 cm³/mol. The molecule has 0 aliphatic carbocycles.